The summed E-state index contributed by atoms with van der Waals surface area (Å²) >= 11 is 2.85. The van der Waals surface area contributed by atoms with Gasteiger partial charge in [0.05, 0.1) is 5.25 Å². The van der Waals surface area contributed by atoms with Crippen LogP contribution in [0.1, 0.15) is 23.6 Å². The number of thioether (sulfide) groups is 1. The Morgan fingerprint density at radius 2 is 1.89 bits per heavy atom. The fourth-order valence-corrected chi connectivity index (χ4v) is 4.39. The molecule has 0 radical (unpaired) electrons. The fraction of sp³-hybridized carbons (Fsp3) is 0.250. The van der Waals surface area contributed by atoms with Gasteiger partial charge in [-0.3, -0.25) is 4.79 Å². The number of hydrogen-bond acceptors (Lipinski definition) is 6. The van der Waals surface area contributed by atoms with Crippen molar-refractivity contribution in [3.8, 4) is 0 Å². The second kappa shape index (κ2) is 8.54. The van der Waals surface area contributed by atoms with Gasteiger partial charge in [0.2, 0.25) is 11.0 Å². The van der Waals surface area contributed by atoms with Crippen LogP contribution in [0.15, 0.2) is 46.8 Å². The van der Waals surface area contributed by atoms with E-state index in [4.69, 9.17) is 0 Å². The summed E-state index contributed by atoms with van der Waals surface area (Å²) in [6.45, 7) is 8.02. The van der Waals surface area contributed by atoms with Crippen LogP contribution in [-0.4, -0.2) is 21.4 Å². The third kappa shape index (κ3) is 5.08. The summed E-state index contributed by atoms with van der Waals surface area (Å²) in [5.74, 6) is -0.0511. The molecule has 27 heavy (non-hydrogen) atoms. The molecule has 1 amide bonds. The lowest BCUT2D eigenvalue weighted by molar-refractivity contribution is -0.115. The number of anilines is 3. The van der Waals surface area contributed by atoms with Gasteiger partial charge in [-0.25, -0.2) is 0 Å². The van der Waals surface area contributed by atoms with Gasteiger partial charge in [0, 0.05) is 11.4 Å². The van der Waals surface area contributed by atoms with Crippen LogP contribution in [0, 0.1) is 20.8 Å². The third-order valence-electron chi connectivity index (χ3n) is 4.19. The van der Waals surface area contributed by atoms with Crippen molar-refractivity contribution in [1.82, 2.24) is 10.2 Å². The molecule has 0 fully saturated rings. The van der Waals surface area contributed by atoms with E-state index in [1.165, 1.54) is 34.2 Å². The first-order chi connectivity index (χ1) is 12.9. The Morgan fingerprint density at radius 1 is 1.11 bits per heavy atom. The van der Waals surface area contributed by atoms with Crippen LogP contribution in [0.25, 0.3) is 0 Å². The molecule has 0 spiro atoms. The second-order valence-electron chi connectivity index (χ2n) is 6.36. The van der Waals surface area contributed by atoms with Gasteiger partial charge in [-0.2, -0.15) is 0 Å². The number of amides is 1. The SMILES string of the molecule is Cc1cccc(NC(=O)C(C)Sc2nnc(Nc3cccc(C)c3C)s2)c1. The van der Waals surface area contributed by atoms with Gasteiger partial charge in [0.1, 0.15) is 0 Å². The zero-order valence-electron chi connectivity index (χ0n) is 15.7. The van der Waals surface area contributed by atoms with Gasteiger partial charge in [-0.1, -0.05) is 47.4 Å². The number of nitrogens with zero attached hydrogens (tertiary/aromatic N) is 2. The molecule has 0 aliphatic heterocycles. The fourth-order valence-electron chi connectivity index (χ4n) is 2.48. The Hall–Kier alpha value is -2.38. The van der Waals surface area contributed by atoms with E-state index in [0.717, 1.165) is 26.4 Å². The molecular formula is C20H22N4OS2. The molecule has 1 heterocycles. The highest BCUT2D eigenvalue weighted by Crippen LogP contribution is 2.32. The van der Waals surface area contributed by atoms with Crippen molar-refractivity contribution in [2.24, 2.45) is 0 Å². The zero-order valence-corrected chi connectivity index (χ0v) is 17.4. The van der Waals surface area contributed by atoms with Gasteiger partial charge in [0.25, 0.3) is 0 Å². The maximum Gasteiger partial charge on any atom is 0.237 e. The molecule has 2 aromatic carbocycles. The van der Waals surface area contributed by atoms with Gasteiger partial charge in [0.15, 0.2) is 4.34 Å². The lowest BCUT2D eigenvalue weighted by atomic mass is 10.1. The molecular weight excluding hydrogens is 376 g/mol. The predicted octanol–water partition coefficient (Wildman–Crippen LogP) is 5.33. The third-order valence-corrected chi connectivity index (χ3v) is 6.21. The van der Waals surface area contributed by atoms with Crippen LogP contribution >= 0.6 is 23.1 Å². The van der Waals surface area contributed by atoms with Crippen LogP contribution < -0.4 is 10.6 Å². The molecule has 1 aromatic heterocycles. The van der Waals surface area contributed by atoms with Crippen LogP contribution in [0.3, 0.4) is 0 Å². The van der Waals surface area contributed by atoms with Crippen molar-refractivity contribution in [2.75, 3.05) is 10.6 Å². The molecule has 2 N–H and O–H groups in total. The van der Waals surface area contributed by atoms with E-state index in [2.05, 4.69) is 40.7 Å². The highest BCUT2D eigenvalue weighted by molar-refractivity contribution is 8.02. The standard InChI is InChI=1S/C20H22N4OS2/c1-12-7-5-9-16(11-12)21-18(25)15(4)26-20-24-23-19(27-20)22-17-10-6-8-13(2)14(17)3/h5-11,15H,1-4H3,(H,21,25)(H,22,23). The highest BCUT2D eigenvalue weighted by atomic mass is 32.2. The Kier molecular flexibility index (Phi) is 6.13. The Balaban J connectivity index is 1.61. The highest BCUT2D eigenvalue weighted by Gasteiger charge is 2.17. The van der Waals surface area contributed by atoms with E-state index in [9.17, 15) is 4.79 Å². The van der Waals surface area contributed by atoms with Crippen molar-refractivity contribution >= 4 is 45.5 Å². The zero-order chi connectivity index (χ0) is 19.4. The van der Waals surface area contributed by atoms with E-state index >= 15 is 0 Å². The summed E-state index contributed by atoms with van der Waals surface area (Å²) in [7, 11) is 0. The molecule has 1 unspecified atom stereocenters. The predicted molar refractivity (Wildman–Crippen MR) is 114 cm³/mol. The molecule has 0 saturated heterocycles. The Morgan fingerprint density at radius 3 is 2.67 bits per heavy atom. The van der Waals surface area contributed by atoms with E-state index in [1.54, 1.807) is 0 Å². The number of benzene rings is 2. The lowest BCUT2D eigenvalue weighted by Crippen LogP contribution is -2.22. The van der Waals surface area contributed by atoms with Gasteiger partial charge < -0.3 is 10.6 Å². The quantitative estimate of drug-likeness (QED) is 0.550. The molecule has 3 aromatic rings. The van der Waals surface area contributed by atoms with E-state index < -0.39 is 0 Å². The molecule has 3 rings (SSSR count). The van der Waals surface area contributed by atoms with E-state index in [-0.39, 0.29) is 11.2 Å². The average Bonchev–Trinajstić information content (AvgIpc) is 3.06. The Labute approximate surface area is 167 Å². The molecule has 0 bridgehead atoms. The Bertz CT molecular complexity index is 955. The van der Waals surface area contributed by atoms with Crippen LogP contribution in [0.4, 0.5) is 16.5 Å². The molecule has 0 saturated carbocycles. The van der Waals surface area contributed by atoms with Gasteiger partial charge in [-0.05, 0) is 62.6 Å². The lowest BCUT2D eigenvalue weighted by Gasteiger charge is -2.10. The average molecular weight is 399 g/mol. The summed E-state index contributed by atoms with van der Waals surface area (Å²) in [5.41, 5.74) is 5.35. The number of aromatic nitrogens is 2. The minimum Gasteiger partial charge on any atom is -0.330 e. The summed E-state index contributed by atoms with van der Waals surface area (Å²) in [5, 5.41) is 15.1. The van der Waals surface area contributed by atoms with Gasteiger partial charge >= 0.3 is 0 Å². The number of carbonyl (C=O) groups excluding carboxylic acids is 1. The van der Waals surface area contributed by atoms with Crippen LogP contribution in [-0.2, 0) is 4.79 Å². The van der Waals surface area contributed by atoms with Crippen molar-refractivity contribution in [3.63, 3.8) is 0 Å². The first-order valence-electron chi connectivity index (χ1n) is 8.63. The van der Waals surface area contributed by atoms with Crippen LogP contribution in [0.2, 0.25) is 0 Å². The molecule has 0 aliphatic carbocycles. The summed E-state index contributed by atoms with van der Waals surface area (Å²) in [6, 6.07) is 13.9. The molecule has 7 heteroatoms. The number of rotatable bonds is 6. The number of nitrogens with one attached hydrogen (secondary N) is 2. The maximum atomic E-state index is 12.4. The maximum absolute atomic E-state index is 12.4. The second-order valence-corrected chi connectivity index (χ2v) is 8.93. The first kappa shape index (κ1) is 19.4. The minimum absolute atomic E-state index is 0.0511. The summed E-state index contributed by atoms with van der Waals surface area (Å²) in [6.07, 6.45) is 0. The van der Waals surface area contributed by atoms with E-state index in [0.29, 0.717) is 0 Å². The van der Waals surface area contributed by atoms with E-state index in [1.807, 2.05) is 50.2 Å². The molecule has 140 valence electrons. The molecule has 1 atom stereocenters. The van der Waals surface area contributed by atoms with Crippen molar-refractivity contribution in [2.45, 2.75) is 37.3 Å². The molecule has 5 nitrogen and oxygen atoms in total. The largest absolute Gasteiger partial charge is 0.330 e. The number of aryl methyl sites for hydroxylation is 2. The van der Waals surface area contributed by atoms with Crippen molar-refractivity contribution in [3.05, 3.63) is 59.2 Å². The number of hydrogen-bond donors (Lipinski definition) is 2. The molecule has 0 aliphatic rings. The monoisotopic (exact) mass is 398 g/mol. The van der Waals surface area contributed by atoms with Crippen molar-refractivity contribution < 1.29 is 4.79 Å². The number of carbonyl (C=O) groups is 1. The van der Waals surface area contributed by atoms with Crippen LogP contribution in [0.5, 0.6) is 0 Å². The topological polar surface area (TPSA) is 66.9 Å². The summed E-state index contributed by atoms with van der Waals surface area (Å²) < 4.78 is 0.759. The van der Waals surface area contributed by atoms with Gasteiger partial charge in [-0.15, -0.1) is 10.2 Å². The first-order valence-corrected chi connectivity index (χ1v) is 10.3. The van der Waals surface area contributed by atoms with Crippen molar-refractivity contribution in [1.29, 1.82) is 0 Å². The smallest absolute Gasteiger partial charge is 0.237 e. The summed E-state index contributed by atoms with van der Waals surface area (Å²) in [4.78, 5) is 12.4. The normalized spacial score (nSPS) is 11.9. The minimum atomic E-state index is -0.271.